The molecule has 0 aliphatic rings. The van der Waals surface area contributed by atoms with Crippen LogP contribution in [-0.2, 0) is 0 Å². The topological polar surface area (TPSA) is 53.6 Å². The summed E-state index contributed by atoms with van der Waals surface area (Å²) in [5.74, 6) is 6.17. The van der Waals surface area contributed by atoms with E-state index in [2.05, 4.69) is 11.8 Å². The van der Waals surface area contributed by atoms with Gasteiger partial charge in [0.2, 0.25) is 0 Å². The van der Waals surface area contributed by atoms with Crippen molar-refractivity contribution in [1.29, 1.82) is 0 Å². The van der Waals surface area contributed by atoms with Crippen LogP contribution in [-0.4, -0.2) is 15.8 Å². The van der Waals surface area contributed by atoms with Gasteiger partial charge >= 0.3 is 0 Å². The maximum atomic E-state index is 9.52. The lowest BCUT2D eigenvalue weighted by Gasteiger charge is -2.07. The lowest BCUT2D eigenvalue weighted by atomic mass is 10.1. The van der Waals surface area contributed by atoms with E-state index in [9.17, 15) is 10.2 Å². The Hall–Kier alpha value is -1.24. The van der Waals surface area contributed by atoms with Crippen molar-refractivity contribution >= 4 is 0 Å². The summed E-state index contributed by atoms with van der Waals surface area (Å²) in [6, 6.07) is 3.42. The fourth-order valence-electron chi connectivity index (χ4n) is 0.916. The molecular weight excluding hydrogens is 180 g/mol. The van der Waals surface area contributed by atoms with E-state index in [4.69, 9.17) is 4.42 Å². The molecule has 1 heterocycles. The summed E-state index contributed by atoms with van der Waals surface area (Å²) in [5, 5.41) is 18.8. The van der Waals surface area contributed by atoms with E-state index in [1.165, 1.54) is 0 Å². The van der Waals surface area contributed by atoms with Crippen molar-refractivity contribution in [3.63, 3.8) is 0 Å². The van der Waals surface area contributed by atoms with Crippen molar-refractivity contribution < 1.29 is 14.6 Å². The quantitative estimate of drug-likeness (QED) is 0.664. The zero-order valence-corrected chi connectivity index (χ0v) is 8.53. The molecule has 0 amide bonds. The molecule has 0 radical (unpaired) electrons. The van der Waals surface area contributed by atoms with Crippen LogP contribution in [0.1, 0.15) is 31.5 Å². The highest BCUT2D eigenvalue weighted by molar-refractivity contribution is 5.20. The molecule has 0 saturated carbocycles. The number of furan rings is 1. The van der Waals surface area contributed by atoms with Gasteiger partial charge in [-0.2, -0.15) is 0 Å². The Labute approximate surface area is 83.4 Å². The van der Waals surface area contributed by atoms with Crippen molar-refractivity contribution in [2.75, 3.05) is 0 Å². The average Bonchev–Trinajstić information content (AvgIpc) is 2.46. The average molecular weight is 194 g/mol. The largest absolute Gasteiger partial charge is 0.463 e. The fourth-order valence-corrected chi connectivity index (χ4v) is 0.916. The number of aryl methyl sites for hydroxylation is 1. The number of rotatable bonds is 1. The predicted octanol–water partition coefficient (Wildman–Crippen LogP) is 1.40. The molecule has 1 aromatic heterocycles. The first kappa shape index (κ1) is 10.8. The first-order valence-electron chi connectivity index (χ1n) is 4.38. The molecule has 1 unspecified atom stereocenters. The molecule has 0 bridgehead atoms. The first-order valence-corrected chi connectivity index (χ1v) is 4.38. The minimum absolute atomic E-state index is 0.402. The minimum Gasteiger partial charge on any atom is -0.463 e. The molecule has 1 aromatic rings. The van der Waals surface area contributed by atoms with E-state index in [1.54, 1.807) is 32.9 Å². The van der Waals surface area contributed by atoms with Gasteiger partial charge in [-0.25, -0.2) is 0 Å². The third-order valence-electron chi connectivity index (χ3n) is 1.55. The van der Waals surface area contributed by atoms with Crippen molar-refractivity contribution in [2.24, 2.45) is 0 Å². The predicted molar refractivity (Wildman–Crippen MR) is 52.5 cm³/mol. The first-order chi connectivity index (χ1) is 6.38. The van der Waals surface area contributed by atoms with Crippen molar-refractivity contribution in [1.82, 2.24) is 0 Å². The monoisotopic (exact) mass is 194 g/mol. The molecule has 3 heteroatoms. The van der Waals surface area contributed by atoms with Crippen molar-refractivity contribution in [3.8, 4) is 11.8 Å². The molecule has 0 spiro atoms. The van der Waals surface area contributed by atoms with Gasteiger partial charge in [-0.15, -0.1) is 0 Å². The smallest absolute Gasteiger partial charge is 0.172 e. The van der Waals surface area contributed by atoms with E-state index in [1.807, 2.05) is 0 Å². The van der Waals surface area contributed by atoms with Gasteiger partial charge in [0.25, 0.3) is 0 Å². The lowest BCUT2D eigenvalue weighted by Crippen LogP contribution is -2.15. The Morgan fingerprint density at radius 3 is 2.50 bits per heavy atom. The summed E-state index contributed by atoms with van der Waals surface area (Å²) < 4.78 is 5.18. The molecule has 0 aliphatic carbocycles. The summed E-state index contributed by atoms with van der Waals surface area (Å²) >= 11 is 0. The molecule has 76 valence electrons. The second-order valence-corrected chi connectivity index (χ2v) is 3.68. The number of hydrogen-bond donors (Lipinski definition) is 2. The van der Waals surface area contributed by atoms with Gasteiger partial charge in [-0.05, 0) is 32.9 Å². The van der Waals surface area contributed by atoms with E-state index in [0.29, 0.717) is 5.76 Å². The highest BCUT2D eigenvalue weighted by atomic mass is 16.4. The van der Waals surface area contributed by atoms with E-state index >= 15 is 0 Å². The molecule has 3 nitrogen and oxygen atoms in total. The lowest BCUT2D eigenvalue weighted by molar-refractivity contribution is 0.142. The fraction of sp³-hybridized carbons (Fsp3) is 0.455. The zero-order chi connectivity index (χ0) is 10.8. The molecule has 0 fully saturated rings. The molecular formula is C11H14O3. The molecule has 0 saturated heterocycles. The maximum Gasteiger partial charge on any atom is 0.172 e. The molecule has 2 N–H and O–H groups in total. The van der Waals surface area contributed by atoms with Gasteiger partial charge < -0.3 is 14.6 Å². The van der Waals surface area contributed by atoms with Crippen LogP contribution in [0.15, 0.2) is 16.5 Å². The van der Waals surface area contributed by atoms with Crippen molar-refractivity contribution in [3.05, 3.63) is 23.7 Å². The maximum absolute atomic E-state index is 9.52. The molecule has 14 heavy (non-hydrogen) atoms. The second-order valence-electron chi connectivity index (χ2n) is 3.68. The van der Waals surface area contributed by atoms with Crippen LogP contribution in [0, 0.1) is 18.8 Å². The van der Waals surface area contributed by atoms with Crippen LogP contribution in [0.5, 0.6) is 0 Å². The molecule has 0 aromatic carbocycles. The Morgan fingerprint density at radius 2 is 2.07 bits per heavy atom. The number of aliphatic hydroxyl groups excluding tert-OH is 1. The van der Waals surface area contributed by atoms with Gasteiger partial charge in [-0.1, -0.05) is 11.8 Å². The zero-order valence-electron chi connectivity index (χ0n) is 8.53. The van der Waals surface area contributed by atoms with E-state index in [0.717, 1.165) is 5.76 Å². The van der Waals surface area contributed by atoms with Crippen LogP contribution in [0.25, 0.3) is 0 Å². The van der Waals surface area contributed by atoms with Crippen LogP contribution >= 0.6 is 0 Å². The summed E-state index contributed by atoms with van der Waals surface area (Å²) in [6.07, 6.45) is -0.977. The van der Waals surface area contributed by atoms with Gasteiger partial charge in [0.1, 0.15) is 17.1 Å². The van der Waals surface area contributed by atoms with Gasteiger partial charge in [0.15, 0.2) is 6.10 Å². The minimum atomic E-state index is -1.09. The SMILES string of the molecule is Cc1ccc(C(O)C#CC(C)(C)O)o1. The third kappa shape index (κ3) is 3.25. The summed E-state index contributed by atoms with van der Waals surface area (Å²) in [6.45, 7) is 4.90. The second kappa shape index (κ2) is 3.87. The normalized spacial score (nSPS) is 13.2. The Kier molecular flexibility index (Phi) is 3.00. The Balaban J connectivity index is 2.75. The molecule has 1 rings (SSSR count). The van der Waals surface area contributed by atoms with E-state index in [-0.39, 0.29) is 0 Å². The van der Waals surface area contributed by atoms with Gasteiger partial charge in [-0.3, -0.25) is 0 Å². The number of aliphatic hydroxyl groups is 2. The highest BCUT2D eigenvalue weighted by Gasteiger charge is 2.10. The van der Waals surface area contributed by atoms with Gasteiger partial charge in [0.05, 0.1) is 0 Å². The van der Waals surface area contributed by atoms with E-state index < -0.39 is 11.7 Å². The van der Waals surface area contributed by atoms with Crippen LogP contribution in [0.2, 0.25) is 0 Å². The highest BCUT2D eigenvalue weighted by Crippen LogP contribution is 2.15. The van der Waals surface area contributed by atoms with Crippen molar-refractivity contribution in [2.45, 2.75) is 32.5 Å². The Morgan fingerprint density at radius 1 is 1.43 bits per heavy atom. The molecule has 1 atom stereocenters. The molecule has 0 aliphatic heterocycles. The summed E-state index contributed by atoms with van der Waals surface area (Å²) in [5.41, 5.74) is -1.09. The van der Waals surface area contributed by atoms with Crippen LogP contribution in [0.4, 0.5) is 0 Å². The Bertz CT molecular complexity index is 360. The summed E-state index contributed by atoms with van der Waals surface area (Å²) in [4.78, 5) is 0. The summed E-state index contributed by atoms with van der Waals surface area (Å²) in [7, 11) is 0. The van der Waals surface area contributed by atoms with Gasteiger partial charge in [0, 0.05) is 0 Å². The third-order valence-corrected chi connectivity index (χ3v) is 1.55. The van der Waals surface area contributed by atoms with Crippen LogP contribution in [0.3, 0.4) is 0 Å². The number of hydrogen-bond acceptors (Lipinski definition) is 3. The standard InChI is InChI=1S/C11H14O3/c1-8-4-5-10(14-8)9(12)6-7-11(2,3)13/h4-5,9,12-13H,1-3H3. The van der Waals surface area contributed by atoms with Crippen LogP contribution < -0.4 is 0 Å².